The minimum atomic E-state index is -0.431. The topological polar surface area (TPSA) is 102 Å². The van der Waals surface area contributed by atoms with Crippen molar-refractivity contribution in [2.24, 2.45) is 0 Å². The molecule has 0 saturated carbocycles. The summed E-state index contributed by atoms with van der Waals surface area (Å²) in [5.41, 5.74) is 12.3. The second-order valence-corrected chi connectivity index (χ2v) is 5.24. The number of anilines is 2. The van der Waals surface area contributed by atoms with E-state index < -0.39 is 5.82 Å². The Hall–Kier alpha value is -1.72. The van der Waals surface area contributed by atoms with Crippen molar-refractivity contribution in [1.29, 1.82) is 5.26 Å². The molecule has 0 aliphatic carbocycles. The van der Waals surface area contributed by atoms with Crippen LogP contribution in [0.15, 0.2) is 16.6 Å². The Balaban J connectivity index is 2.82. The Bertz CT molecular complexity index is 727. The van der Waals surface area contributed by atoms with Crippen LogP contribution in [-0.2, 0) is 5.33 Å². The fraction of sp³-hybridized carbons (Fsp3) is 0.0833. The summed E-state index contributed by atoms with van der Waals surface area (Å²) in [4.78, 5) is 7.75. The number of alkyl halides is 1. The van der Waals surface area contributed by atoms with E-state index in [9.17, 15) is 9.65 Å². The number of benzene rings is 1. The number of nitrogens with zero attached hydrogens (tertiary/aromatic N) is 3. The number of rotatable bonds is 2. The van der Waals surface area contributed by atoms with E-state index in [0.717, 1.165) is 0 Å². The zero-order chi connectivity index (χ0) is 14.9. The number of aromatic nitrogens is 2. The van der Waals surface area contributed by atoms with Crippen LogP contribution in [0.5, 0.6) is 0 Å². The maximum Gasteiger partial charge on any atom is 0.222 e. The molecule has 5 nitrogen and oxygen atoms in total. The highest BCUT2D eigenvalue weighted by Crippen LogP contribution is 2.33. The zero-order valence-electron chi connectivity index (χ0n) is 9.99. The van der Waals surface area contributed by atoms with Gasteiger partial charge in [0.2, 0.25) is 5.95 Å². The zero-order valence-corrected chi connectivity index (χ0v) is 13.2. The third-order valence-electron chi connectivity index (χ3n) is 2.65. The van der Waals surface area contributed by atoms with Crippen LogP contribution < -0.4 is 11.5 Å². The summed E-state index contributed by atoms with van der Waals surface area (Å²) in [6.45, 7) is 0. The van der Waals surface area contributed by atoms with Crippen LogP contribution in [0.3, 0.4) is 0 Å². The van der Waals surface area contributed by atoms with Gasteiger partial charge in [0, 0.05) is 16.5 Å². The Morgan fingerprint density at radius 3 is 2.60 bits per heavy atom. The van der Waals surface area contributed by atoms with Crippen LogP contribution in [-0.4, -0.2) is 9.97 Å². The number of hydrogen-bond acceptors (Lipinski definition) is 5. The van der Waals surface area contributed by atoms with Crippen molar-refractivity contribution in [3.8, 4) is 17.3 Å². The highest BCUT2D eigenvalue weighted by Gasteiger charge is 2.19. The van der Waals surface area contributed by atoms with Gasteiger partial charge in [0.25, 0.3) is 0 Å². The van der Waals surface area contributed by atoms with E-state index in [0.29, 0.717) is 15.6 Å². The van der Waals surface area contributed by atoms with Crippen molar-refractivity contribution in [3.05, 3.63) is 33.5 Å². The van der Waals surface area contributed by atoms with Crippen LogP contribution in [0.25, 0.3) is 11.3 Å². The molecule has 0 spiro atoms. The average molecular weight is 401 g/mol. The summed E-state index contributed by atoms with van der Waals surface area (Å²) >= 11 is 6.34. The molecule has 0 aliphatic heterocycles. The molecule has 0 radical (unpaired) electrons. The molecule has 0 unspecified atom stereocenters. The minimum Gasteiger partial charge on any atom is -0.382 e. The summed E-state index contributed by atoms with van der Waals surface area (Å²) in [5.74, 6) is -0.529. The van der Waals surface area contributed by atoms with Gasteiger partial charge in [-0.15, -0.1) is 0 Å². The SMILES string of the molecule is N#Cc1c(N)nc(N)nc1-c1ccc(Br)c(F)c1CBr. The Morgan fingerprint density at radius 2 is 2.00 bits per heavy atom. The molecule has 2 rings (SSSR count). The Kier molecular flexibility index (Phi) is 4.20. The van der Waals surface area contributed by atoms with Gasteiger partial charge in [0.1, 0.15) is 23.3 Å². The number of nitriles is 1. The second-order valence-electron chi connectivity index (χ2n) is 3.82. The molecule has 0 aliphatic rings. The van der Waals surface area contributed by atoms with Gasteiger partial charge in [-0.25, -0.2) is 9.37 Å². The molecule has 1 aromatic heterocycles. The van der Waals surface area contributed by atoms with Gasteiger partial charge in [-0.2, -0.15) is 10.2 Å². The lowest BCUT2D eigenvalue weighted by atomic mass is 10.0. The quantitative estimate of drug-likeness (QED) is 0.754. The molecule has 0 amide bonds. The molecule has 1 heterocycles. The minimum absolute atomic E-state index is 0.0288. The lowest BCUT2D eigenvalue weighted by Crippen LogP contribution is -2.06. The van der Waals surface area contributed by atoms with Gasteiger partial charge in [-0.05, 0) is 22.0 Å². The maximum atomic E-state index is 14.1. The average Bonchev–Trinajstić information content (AvgIpc) is 2.41. The van der Waals surface area contributed by atoms with Crippen molar-refractivity contribution in [1.82, 2.24) is 9.97 Å². The van der Waals surface area contributed by atoms with Gasteiger partial charge < -0.3 is 11.5 Å². The standard InChI is InChI=1S/C12H8Br2FN5/c13-3-6-5(1-2-8(14)9(6)15)10-7(4-16)11(17)20-12(18)19-10/h1-2H,3H2,(H4,17,18,19,20). The monoisotopic (exact) mass is 399 g/mol. The third kappa shape index (κ3) is 2.46. The molecular formula is C12H8Br2FN5. The molecule has 8 heteroatoms. The first-order chi connectivity index (χ1) is 9.49. The largest absolute Gasteiger partial charge is 0.382 e. The van der Waals surface area contributed by atoms with Crippen LogP contribution in [0, 0.1) is 17.1 Å². The van der Waals surface area contributed by atoms with Gasteiger partial charge in [0.05, 0.1) is 10.2 Å². The number of nitrogens with two attached hydrogens (primary N) is 2. The van der Waals surface area contributed by atoms with E-state index in [1.807, 2.05) is 6.07 Å². The van der Waals surface area contributed by atoms with E-state index in [1.165, 1.54) is 6.07 Å². The normalized spacial score (nSPS) is 10.3. The fourth-order valence-corrected chi connectivity index (χ4v) is 2.67. The molecule has 20 heavy (non-hydrogen) atoms. The summed E-state index contributed by atoms with van der Waals surface area (Å²) < 4.78 is 14.4. The third-order valence-corrected chi connectivity index (χ3v) is 3.82. The molecule has 0 saturated heterocycles. The van der Waals surface area contributed by atoms with Crippen LogP contribution in [0.2, 0.25) is 0 Å². The van der Waals surface area contributed by atoms with Crippen molar-refractivity contribution in [2.75, 3.05) is 11.5 Å². The number of halogens is 3. The van der Waals surface area contributed by atoms with E-state index in [4.69, 9.17) is 11.5 Å². The maximum absolute atomic E-state index is 14.1. The molecule has 0 fully saturated rings. The lowest BCUT2D eigenvalue weighted by molar-refractivity contribution is 0.611. The highest BCUT2D eigenvalue weighted by atomic mass is 79.9. The van der Waals surface area contributed by atoms with Crippen molar-refractivity contribution < 1.29 is 4.39 Å². The molecule has 102 valence electrons. The van der Waals surface area contributed by atoms with Gasteiger partial charge in [-0.1, -0.05) is 22.0 Å². The Morgan fingerprint density at radius 1 is 1.30 bits per heavy atom. The van der Waals surface area contributed by atoms with E-state index in [2.05, 4.69) is 41.8 Å². The smallest absolute Gasteiger partial charge is 0.222 e. The fourth-order valence-electron chi connectivity index (χ4n) is 1.75. The first kappa shape index (κ1) is 14.7. The van der Waals surface area contributed by atoms with Gasteiger partial charge >= 0.3 is 0 Å². The van der Waals surface area contributed by atoms with Crippen LogP contribution in [0.1, 0.15) is 11.1 Å². The molecule has 4 N–H and O–H groups in total. The summed E-state index contributed by atoms with van der Waals surface area (Å²) in [6.07, 6.45) is 0. The molecular weight excluding hydrogens is 393 g/mol. The van der Waals surface area contributed by atoms with E-state index >= 15 is 0 Å². The van der Waals surface area contributed by atoms with E-state index in [1.54, 1.807) is 6.07 Å². The molecule has 0 bridgehead atoms. The predicted molar refractivity (Wildman–Crippen MR) is 81.3 cm³/mol. The molecule has 1 aromatic carbocycles. The van der Waals surface area contributed by atoms with Crippen LogP contribution >= 0.6 is 31.9 Å². The first-order valence-corrected chi connectivity index (χ1v) is 7.27. The second kappa shape index (κ2) is 5.73. The summed E-state index contributed by atoms with van der Waals surface area (Å²) in [6, 6.07) is 5.10. The summed E-state index contributed by atoms with van der Waals surface area (Å²) in [7, 11) is 0. The first-order valence-electron chi connectivity index (χ1n) is 5.35. The van der Waals surface area contributed by atoms with Crippen LogP contribution in [0.4, 0.5) is 16.2 Å². The Labute approximate surface area is 131 Å². The van der Waals surface area contributed by atoms with Crippen molar-refractivity contribution in [2.45, 2.75) is 5.33 Å². The lowest BCUT2D eigenvalue weighted by Gasteiger charge is -2.12. The number of hydrogen-bond donors (Lipinski definition) is 2. The molecule has 2 aromatic rings. The highest BCUT2D eigenvalue weighted by molar-refractivity contribution is 9.10. The van der Waals surface area contributed by atoms with Crippen molar-refractivity contribution in [3.63, 3.8) is 0 Å². The van der Waals surface area contributed by atoms with Gasteiger partial charge in [-0.3, -0.25) is 0 Å². The summed E-state index contributed by atoms with van der Waals surface area (Å²) in [5, 5.41) is 9.43. The van der Waals surface area contributed by atoms with Gasteiger partial charge in [0.15, 0.2) is 0 Å². The van der Waals surface area contributed by atoms with E-state index in [-0.39, 0.29) is 28.4 Å². The number of nitrogen functional groups attached to an aromatic ring is 2. The predicted octanol–water partition coefficient (Wildman–Crippen LogP) is 2.98. The van der Waals surface area contributed by atoms with Crippen molar-refractivity contribution >= 4 is 43.6 Å². The molecule has 0 atom stereocenters.